The Bertz CT molecular complexity index is 495. The second-order valence-corrected chi connectivity index (χ2v) is 4.89. The van der Waals surface area contributed by atoms with Gasteiger partial charge in [-0.25, -0.2) is 4.79 Å². The maximum absolute atomic E-state index is 11.6. The van der Waals surface area contributed by atoms with E-state index in [0.717, 1.165) is 25.2 Å². The van der Waals surface area contributed by atoms with Crippen LogP contribution in [0.4, 0.5) is 10.5 Å². The first kappa shape index (κ1) is 15.2. The van der Waals surface area contributed by atoms with Crippen LogP contribution in [0.1, 0.15) is 12.5 Å². The predicted octanol–water partition coefficient (Wildman–Crippen LogP) is 1.87. The first-order chi connectivity index (χ1) is 10.1. The summed E-state index contributed by atoms with van der Waals surface area (Å²) in [7, 11) is 0. The molecule has 1 aromatic carbocycles. The Kier molecular flexibility index (Phi) is 5.10. The molecule has 7 nitrogen and oxygen atoms in total. The molecular formula is C14H19N3O4. The second-order valence-electron chi connectivity index (χ2n) is 4.89. The number of hydrogen-bond acceptors (Lipinski definition) is 5. The number of nitrogens with zero attached hydrogens (tertiary/aromatic N) is 3. The number of amides is 1. The molecule has 1 saturated heterocycles. The number of benzene rings is 1. The molecule has 0 aromatic heterocycles. The summed E-state index contributed by atoms with van der Waals surface area (Å²) >= 11 is 0. The van der Waals surface area contributed by atoms with Crippen molar-refractivity contribution in [1.82, 2.24) is 9.80 Å². The quantitative estimate of drug-likeness (QED) is 0.625. The molecule has 1 fully saturated rings. The van der Waals surface area contributed by atoms with Crippen LogP contribution < -0.4 is 0 Å². The summed E-state index contributed by atoms with van der Waals surface area (Å²) in [6.07, 6.45) is -0.257. The molecule has 21 heavy (non-hydrogen) atoms. The summed E-state index contributed by atoms with van der Waals surface area (Å²) in [6, 6.07) is 6.58. The van der Waals surface area contributed by atoms with Crippen molar-refractivity contribution in [1.29, 1.82) is 0 Å². The molecule has 0 aliphatic carbocycles. The van der Waals surface area contributed by atoms with Crippen LogP contribution in [0.2, 0.25) is 0 Å². The number of piperazine rings is 1. The van der Waals surface area contributed by atoms with Gasteiger partial charge in [-0.3, -0.25) is 15.0 Å². The van der Waals surface area contributed by atoms with Gasteiger partial charge in [-0.15, -0.1) is 0 Å². The molecule has 0 saturated carbocycles. The largest absolute Gasteiger partial charge is 0.450 e. The average Bonchev–Trinajstić information content (AvgIpc) is 2.49. The van der Waals surface area contributed by atoms with Crippen LogP contribution in [0, 0.1) is 10.1 Å². The van der Waals surface area contributed by atoms with Gasteiger partial charge in [0.25, 0.3) is 5.69 Å². The number of rotatable bonds is 4. The molecule has 0 atom stereocenters. The predicted molar refractivity (Wildman–Crippen MR) is 77.0 cm³/mol. The van der Waals surface area contributed by atoms with Crippen LogP contribution in [0.25, 0.3) is 0 Å². The minimum Gasteiger partial charge on any atom is -0.450 e. The zero-order valence-corrected chi connectivity index (χ0v) is 12.0. The summed E-state index contributed by atoms with van der Waals surface area (Å²) in [5.74, 6) is 0. The van der Waals surface area contributed by atoms with Gasteiger partial charge < -0.3 is 9.64 Å². The van der Waals surface area contributed by atoms with Gasteiger partial charge in [-0.2, -0.15) is 0 Å². The van der Waals surface area contributed by atoms with Crippen LogP contribution in [0.5, 0.6) is 0 Å². The van der Waals surface area contributed by atoms with E-state index in [0.29, 0.717) is 19.7 Å². The van der Waals surface area contributed by atoms with Crippen molar-refractivity contribution >= 4 is 11.8 Å². The first-order valence-corrected chi connectivity index (χ1v) is 6.97. The van der Waals surface area contributed by atoms with E-state index in [1.807, 2.05) is 0 Å². The molecule has 0 N–H and O–H groups in total. The highest BCUT2D eigenvalue weighted by Crippen LogP contribution is 2.14. The van der Waals surface area contributed by atoms with Crippen LogP contribution in [0.3, 0.4) is 0 Å². The molecule has 7 heteroatoms. The smallest absolute Gasteiger partial charge is 0.409 e. The molecule has 1 aliphatic rings. The molecule has 1 aromatic rings. The highest BCUT2D eigenvalue weighted by atomic mass is 16.6. The van der Waals surface area contributed by atoms with E-state index in [4.69, 9.17) is 4.74 Å². The Hall–Kier alpha value is -2.15. The van der Waals surface area contributed by atoms with Crippen LogP contribution in [-0.2, 0) is 11.3 Å². The minimum absolute atomic E-state index is 0.103. The third kappa shape index (κ3) is 4.16. The van der Waals surface area contributed by atoms with Gasteiger partial charge in [0.2, 0.25) is 0 Å². The van der Waals surface area contributed by atoms with Crippen molar-refractivity contribution < 1.29 is 14.5 Å². The normalized spacial score (nSPS) is 15.8. The number of carbonyl (C=O) groups excluding carboxylic acids is 1. The number of ether oxygens (including phenoxy) is 1. The SMILES string of the molecule is CCOC(=O)N1CCN(Cc2ccc([N+](=O)[O-])cc2)CC1. The third-order valence-corrected chi connectivity index (χ3v) is 3.45. The maximum atomic E-state index is 11.6. The van der Waals surface area contributed by atoms with E-state index in [1.165, 1.54) is 12.1 Å². The fraction of sp³-hybridized carbons (Fsp3) is 0.500. The topological polar surface area (TPSA) is 75.9 Å². The Balaban J connectivity index is 1.83. The molecule has 1 heterocycles. The molecule has 1 amide bonds. The van der Waals surface area contributed by atoms with E-state index in [9.17, 15) is 14.9 Å². The number of hydrogen-bond donors (Lipinski definition) is 0. The summed E-state index contributed by atoms with van der Waals surface area (Å²) in [5.41, 5.74) is 1.14. The molecule has 0 unspecified atom stereocenters. The lowest BCUT2D eigenvalue weighted by molar-refractivity contribution is -0.384. The van der Waals surface area contributed by atoms with E-state index >= 15 is 0 Å². The molecule has 0 radical (unpaired) electrons. The fourth-order valence-electron chi connectivity index (χ4n) is 2.28. The third-order valence-electron chi connectivity index (χ3n) is 3.45. The number of non-ortho nitro benzene ring substituents is 1. The lowest BCUT2D eigenvalue weighted by atomic mass is 10.2. The van der Waals surface area contributed by atoms with Gasteiger partial charge in [0.05, 0.1) is 11.5 Å². The number of carbonyl (C=O) groups is 1. The molecule has 0 bridgehead atoms. The Morgan fingerprint density at radius 1 is 1.24 bits per heavy atom. The van der Waals surface area contributed by atoms with Crippen LogP contribution in [0.15, 0.2) is 24.3 Å². The first-order valence-electron chi connectivity index (χ1n) is 6.97. The zero-order chi connectivity index (χ0) is 15.2. The van der Waals surface area contributed by atoms with E-state index in [1.54, 1.807) is 24.0 Å². The monoisotopic (exact) mass is 293 g/mol. The molecule has 0 spiro atoms. The average molecular weight is 293 g/mol. The van der Waals surface area contributed by atoms with Crippen molar-refractivity contribution in [3.63, 3.8) is 0 Å². The summed E-state index contributed by atoms with van der Waals surface area (Å²) in [4.78, 5) is 25.7. The highest BCUT2D eigenvalue weighted by Gasteiger charge is 2.21. The molecule has 2 rings (SSSR count). The summed E-state index contributed by atoms with van der Waals surface area (Å²) < 4.78 is 4.98. The van der Waals surface area contributed by atoms with Crippen molar-refractivity contribution in [3.8, 4) is 0 Å². The summed E-state index contributed by atoms with van der Waals surface area (Å²) in [5, 5.41) is 10.6. The molecular weight excluding hydrogens is 274 g/mol. The van der Waals surface area contributed by atoms with Gasteiger partial charge in [0, 0.05) is 44.9 Å². The fourth-order valence-corrected chi connectivity index (χ4v) is 2.28. The van der Waals surface area contributed by atoms with E-state index in [-0.39, 0.29) is 11.8 Å². The van der Waals surface area contributed by atoms with Gasteiger partial charge in [-0.1, -0.05) is 12.1 Å². The second kappa shape index (κ2) is 7.03. The maximum Gasteiger partial charge on any atom is 0.409 e. The highest BCUT2D eigenvalue weighted by molar-refractivity contribution is 5.67. The Labute approximate surface area is 123 Å². The Morgan fingerprint density at radius 3 is 2.38 bits per heavy atom. The summed E-state index contributed by atoms with van der Waals surface area (Å²) in [6.45, 7) is 5.75. The van der Waals surface area contributed by atoms with E-state index in [2.05, 4.69) is 4.90 Å². The van der Waals surface area contributed by atoms with Crippen LogP contribution >= 0.6 is 0 Å². The minimum atomic E-state index is -0.401. The van der Waals surface area contributed by atoms with E-state index < -0.39 is 4.92 Å². The van der Waals surface area contributed by atoms with Crippen molar-refractivity contribution in [2.45, 2.75) is 13.5 Å². The van der Waals surface area contributed by atoms with Crippen molar-refractivity contribution in [2.75, 3.05) is 32.8 Å². The lowest BCUT2D eigenvalue weighted by Gasteiger charge is -2.34. The molecule has 114 valence electrons. The lowest BCUT2D eigenvalue weighted by Crippen LogP contribution is -2.48. The van der Waals surface area contributed by atoms with Gasteiger partial charge in [0.1, 0.15) is 0 Å². The Morgan fingerprint density at radius 2 is 1.86 bits per heavy atom. The van der Waals surface area contributed by atoms with Gasteiger partial charge in [-0.05, 0) is 12.5 Å². The van der Waals surface area contributed by atoms with Gasteiger partial charge >= 0.3 is 6.09 Å². The molecule has 1 aliphatic heterocycles. The van der Waals surface area contributed by atoms with Crippen molar-refractivity contribution in [3.05, 3.63) is 39.9 Å². The number of nitro groups is 1. The number of nitro benzene ring substituents is 1. The standard InChI is InChI=1S/C14H19N3O4/c1-2-21-14(18)16-9-7-15(8-10-16)11-12-3-5-13(6-4-12)17(19)20/h3-6H,2,7-11H2,1H3. The van der Waals surface area contributed by atoms with Crippen molar-refractivity contribution in [2.24, 2.45) is 0 Å². The zero-order valence-electron chi connectivity index (χ0n) is 12.0. The van der Waals surface area contributed by atoms with Crippen LogP contribution in [-0.4, -0.2) is 53.6 Å². The van der Waals surface area contributed by atoms with Gasteiger partial charge in [0.15, 0.2) is 0 Å².